The molecule has 1 rings (SSSR count). The maximum absolute atomic E-state index is 11.0. The van der Waals surface area contributed by atoms with Crippen LogP contribution in [0.3, 0.4) is 0 Å². The van der Waals surface area contributed by atoms with Crippen molar-refractivity contribution < 1.29 is 18.3 Å². The summed E-state index contributed by atoms with van der Waals surface area (Å²) in [7, 11) is 1.06. The molecule has 0 saturated heterocycles. The van der Waals surface area contributed by atoms with Crippen LogP contribution in [0.1, 0.15) is 10.4 Å². The van der Waals surface area contributed by atoms with E-state index in [1.54, 1.807) is 0 Å². The molecule has 0 spiro atoms. The molecule has 76 valence electrons. The van der Waals surface area contributed by atoms with Crippen LogP contribution >= 0.6 is 33.3 Å². The number of carbonyl (C=O) groups is 1. The van der Waals surface area contributed by atoms with Gasteiger partial charge in [-0.15, -0.1) is 0 Å². The van der Waals surface area contributed by atoms with Gasteiger partial charge in [0, 0.05) is 14.3 Å². The van der Waals surface area contributed by atoms with Gasteiger partial charge < -0.3 is 5.11 Å². The number of hydrogen-bond donors (Lipinski definition) is 1. The van der Waals surface area contributed by atoms with E-state index >= 15 is 0 Å². The minimum atomic E-state index is -4.01. The average molecular weight is 347 g/mol. The normalized spacial score (nSPS) is 11.3. The van der Waals surface area contributed by atoms with Gasteiger partial charge in [-0.3, -0.25) is 0 Å². The third-order valence-electron chi connectivity index (χ3n) is 1.43. The van der Waals surface area contributed by atoms with Crippen molar-refractivity contribution in [2.45, 2.75) is 4.90 Å². The first-order valence-electron chi connectivity index (χ1n) is 3.30. The second-order valence-corrected chi connectivity index (χ2v) is 6.16. The Kier molecular flexibility index (Phi) is 3.38. The van der Waals surface area contributed by atoms with Crippen molar-refractivity contribution in [1.29, 1.82) is 0 Å². The van der Waals surface area contributed by atoms with Crippen molar-refractivity contribution in [2.24, 2.45) is 0 Å². The molecular formula is C7H4ClIO4S. The molecule has 0 fully saturated rings. The third kappa shape index (κ3) is 2.58. The largest absolute Gasteiger partial charge is 0.478 e. The Hall–Kier alpha value is -0.340. The van der Waals surface area contributed by atoms with Gasteiger partial charge in [0.1, 0.15) is 0 Å². The SMILES string of the molecule is O=C(O)c1cc(I)ccc1S(=O)(=O)Cl. The minimum absolute atomic E-state index is 0.313. The van der Waals surface area contributed by atoms with Crippen molar-refractivity contribution in [3.8, 4) is 0 Å². The fraction of sp³-hybridized carbons (Fsp3) is 0. The van der Waals surface area contributed by atoms with Crippen LogP contribution in [0.2, 0.25) is 0 Å². The molecule has 1 aromatic carbocycles. The molecule has 0 aliphatic heterocycles. The van der Waals surface area contributed by atoms with Gasteiger partial charge in [-0.05, 0) is 40.8 Å². The third-order valence-corrected chi connectivity index (χ3v) is 3.49. The summed E-state index contributed by atoms with van der Waals surface area (Å²) in [6.07, 6.45) is 0. The van der Waals surface area contributed by atoms with Crippen LogP contribution in [0.25, 0.3) is 0 Å². The molecule has 0 saturated carbocycles. The summed E-state index contributed by atoms with van der Waals surface area (Å²) in [5, 5.41) is 8.73. The van der Waals surface area contributed by atoms with E-state index in [1.165, 1.54) is 18.2 Å². The van der Waals surface area contributed by atoms with Gasteiger partial charge in [0.15, 0.2) is 0 Å². The fourth-order valence-electron chi connectivity index (χ4n) is 0.882. The van der Waals surface area contributed by atoms with Crippen molar-refractivity contribution in [3.05, 3.63) is 27.3 Å². The van der Waals surface area contributed by atoms with Crippen molar-refractivity contribution >= 4 is 48.3 Å². The first-order chi connectivity index (χ1) is 6.32. The number of benzene rings is 1. The molecule has 0 unspecified atom stereocenters. The Morgan fingerprint density at radius 2 is 2.00 bits per heavy atom. The highest BCUT2D eigenvalue weighted by Gasteiger charge is 2.19. The lowest BCUT2D eigenvalue weighted by atomic mass is 10.2. The molecule has 0 amide bonds. The Balaban J connectivity index is 3.53. The number of halogens is 2. The molecule has 7 heteroatoms. The van der Waals surface area contributed by atoms with Crippen LogP contribution in [0.5, 0.6) is 0 Å². The van der Waals surface area contributed by atoms with Crippen LogP contribution in [-0.2, 0) is 9.05 Å². The molecule has 0 aliphatic carbocycles. The van der Waals surface area contributed by atoms with E-state index in [-0.39, 0.29) is 10.5 Å². The van der Waals surface area contributed by atoms with E-state index in [1.807, 2.05) is 22.6 Å². The zero-order chi connectivity index (χ0) is 10.9. The van der Waals surface area contributed by atoms with Crippen LogP contribution in [0.15, 0.2) is 23.1 Å². The Labute approximate surface area is 98.4 Å². The van der Waals surface area contributed by atoms with Gasteiger partial charge in [-0.1, -0.05) is 0 Å². The lowest BCUT2D eigenvalue weighted by Gasteiger charge is -2.02. The summed E-state index contributed by atoms with van der Waals surface area (Å²) >= 11 is 1.88. The molecule has 0 aromatic heterocycles. The number of carboxylic acid groups (broad SMARTS) is 1. The van der Waals surface area contributed by atoms with Gasteiger partial charge in [0.25, 0.3) is 9.05 Å². The average Bonchev–Trinajstić information content (AvgIpc) is 2.01. The highest BCUT2D eigenvalue weighted by Crippen LogP contribution is 2.22. The maximum atomic E-state index is 11.0. The van der Waals surface area contributed by atoms with Gasteiger partial charge >= 0.3 is 5.97 Å². The lowest BCUT2D eigenvalue weighted by molar-refractivity contribution is 0.0692. The predicted molar refractivity (Wildman–Crippen MR) is 59.2 cm³/mol. The van der Waals surface area contributed by atoms with E-state index in [4.69, 9.17) is 15.8 Å². The van der Waals surface area contributed by atoms with Gasteiger partial charge in [0.05, 0.1) is 10.5 Å². The topological polar surface area (TPSA) is 71.4 Å². The molecule has 14 heavy (non-hydrogen) atoms. The van der Waals surface area contributed by atoms with Crippen LogP contribution in [0, 0.1) is 3.57 Å². The second kappa shape index (κ2) is 4.03. The summed E-state index contributed by atoms with van der Waals surface area (Å²) in [6, 6.07) is 3.90. The Bertz CT molecular complexity index is 482. The zero-order valence-electron chi connectivity index (χ0n) is 6.57. The van der Waals surface area contributed by atoms with Crippen LogP contribution < -0.4 is 0 Å². The first kappa shape index (κ1) is 11.7. The molecule has 4 nitrogen and oxygen atoms in total. The fourth-order valence-corrected chi connectivity index (χ4v) is 2.42. The summed E-state index contributed by atoms with van der Waals surface area (Å²) < 4.78 is 22.6. The van der Waals surface area contributed by atoms with E-state index in [0.717, 1.165) is 0 Å². The number of carboxylic acids is 1. The molecule has 0 bridgehead atoms. The van der Waals surface area contributed by atoms with Gasteiger partial charge in [-0.2, -0.15) is 0 Å². The van der Waals surface area contributed by atoms with Crippen molar-refractivity contribution in [2.75, 3.05) is 0 Å². The summed E-state index contributed by atoms with van der Waals surface area (Å²) in [5.41, 5.74) is -0.313. The predicted octanol–water partition coefficient (Wildman–Crippen LogP) is 1.92. The van der Waals surface area contributed by atoms with E-state index in [2.05, 4.69) is 0 Å². The first-order valence-corrected chi connectivity index (χ1v) is 6.68. The van der Waals surface area contributed by atoms with Gasteiger partial charge in [-0.25, -0.2) is 13.2 Å². The number of rotatable bonds is 2. The summed E-state index contributed by atoms with van der Waals surface area (Å²) in [5.74, 6) is -1.32. The molecule has 1 N–H and O–H groups in total. The van der Waals surface area contributed by atoms with E-state index < -0.39 is 15.0 Å². The summed E-state index contributed by atoms with van der Waals surface area (Å²) in [6.45, 7) is 0. The standard InChI is InChI=1S/C7H4ClIO4S/c8-14(12,13)6-2-1-4(9)3-5(6)7(10)11/h1-3H,(H,10,11). The number of hydrogen-bond acceptors (Lipinski definition) is 3. The van der Waals surface area contributed by atoms with E-state index in [9.17, 15) is 13.2 Å². The van der Waals surface area contributed by atoms with E-state index in [0.29, 0.717) is 3.57 Å². The van der Waals surface area contributed by atoms with Crippen LogP contribution in [-0.4, -0.2) is 19.5 Å². The minimum Gasteiger partial charge on any atom is -0.478 e. The highest BCUT2D eigenvalue weighted by atomic mass is 127. The summed E-state index contributed by atoms with van der Waals surface area (Å²) in [4.78, 5) is 10.3. The molecule has 0 heterocycles. The lowest BCUT2D eigenvalue weighted by Crippen LogP contribution is -2.05. The molecule has 0 radical (unpaired) electrons. The zero-order valence-corrected chi connectivity index (χ0v) is 10.3. The smallest absolute Gasteiger partial charge is 0.337 e. The van der Waals surface area contributed by atoms with Crippen molar-refractivity contribution in [1.82, 2.24) is 0 Å². The van der Waals surface area contributed by atoms with Gasteiger partial charge in [0.2, 0.25) is 0 Å². The monoisotopic (exact) mass is 346 g/mol. The molecular weight excluding hydrogens is 342 g/mol. The highest BCUT2D eigenvalue weighted by molar-refractivity contribution is 14.1. The van der Waals surface area contributed by atoms with Crippen molar-refractivity contribution in [3.63, 3.8) is 0 Å². The second-order valence-electron chi connectivity index (χ2n) is 2.38. The maximum Gasteiger partial charge on any atom is 0.337 e. The number of aromatic carboxylic acids is 1. The molecule has 0 atom stereocenters. The molecule has 0 aliphatic rings. The Morgan fingerprint density at radius 1 is 1.43 bits per heavy atom. The molecule has 1 aromatic rings. The Morgan fingerprint density at radius 3 is 2.43 bits per heavy atom. The van der Waals surface area contributed by atoms with Crippen LogP contribution in [0.4, 0.5) is 0 Å². The quantitative estimate of drug-likeness (QED) is 0.656.